The molecule has 0 atom stereocenters. The Bertz CT molecular complexity index is 1430. The molecule has 1 amide bonds. The van der Waals surface area contributed by atoms with Crippen LogP contribution in [0.1, 0.15) is 19.5 Å². The van der Waals surface area contributed by atoms with E-state index >= 15 is 0 Å². The molecule has 0 spiro atoms. The number of nitrogens with one attached hydrogen (secondary N) is 3. The Labute approximate surface area is 209 Å². The average molecular weight is 497 g/mol. The minimum absolute atomic E-state index is 0.156. The maximum absolute atomic E-state index is 12.8. The molecule has 1 aromatic carbocycles. The van der Waals surface area contributed by atoms with Crippen LogP contribution in [-0.4, -0.2) is 52.5 Å². The highest BCUT2D eigenvalue weighted by molar-refractivity contribution is 7.15. The first-order valence-corrected chi connectivity index (χ1v) is 11.0. The number of thiazole rings is 1. The van der Waals surface area contributed by atoms with Crippen LogP contribution in [0.25, 0.3) is 10.6 Å². The molecule has 0 bridgehead atoms. The summed E-state index contributed by atoms with van der Waals surface area (Å²) in [6, 6.07) is 10.1. The van der Waals surface area contributed by atoms with Crippen molar-refractivity contribution in [1.29, 1.82) is 0 Å². The summed E-state index contributed by atoms with van der Waals surface area (Å²) >= 11 is 1.43. The molecule has 0 fully saturated rings. The van der Waals surface area contributed by atoms with Gasteiger partial charge in [0.15, 0.2) is 23.1 Å². The van der Waals surface area contributed by atoms with Gasteiger partial charge in [0.2, 0.25) is 5.88 Å². The molecule has 0 radical (unpaired) electrons. The van der Waals surface area contributed by atoms with Gasteiger partial charge in [-0.2, -0.15) is 0 Å². The highest BCUT2D eigenvalue weighted by Crippen LogP contribution is 2.39. The molecule has 5 N–H and O–H groups in total. The van der Waals surface area contributed by atoms with Gasteiger partial charge in [-0.3, -0.25) is 4.79 Å². The van der Waals surface area contributed by atoms with Gasteiger partial charge in [-0.1, -0.05) is 6.07 Å². The number of amides is 1. The summed E-state index contributed by atoms with van der Waals surface area (Å²) in [5.74, 6) is 0.370. The Kier molecular flexibility index (Phi) is 6.14. The van der Waals surface area contributed by atoms with Crippen molar-refractivity contribution >= 4 is 40.3 Å². The fourth-order valence-electron chi connectivity index (χ4n) is 3.10. The molecule has 0 aliphatic heterocycles. The number of carbonyl (C=O) groups is 1. The van der Waals surface area contributed by atoms with Crippen LogP contribution in [0.15, 0.2) is 42.6 Å². The topological polar surface area (TPSA) is 162 Å². The largest absolute Gasteiger partial charge is 0.494 e. The number of rotatable bonds is 9. The van der Waals surface area contributed by atoms with E-state index in [9.17, 15) is 4.79 Å². The Hall–Kier alpha value is -4.36. The molecule has 0 saturated carbocycles. The number of hydrogen-bond acceptors (Lipinski definition) is 12. The molecule has 0 aliphatic carbocycles. The minimum atomic E-state index is -2.73. The molecule has 4 aromatic rings. The van der Waals surface area contributed by atoms with Crippen LogP contribution >= 0.6 is 11.3 Å². The van der Waals surface area contributed by atoms with Gasteiger partial charge in [0.1, 0.15) is 5.01 Å². The van der Waals surface area contributed by atoms with Gasteiger partial charge in [-0.25, -0.2) is 4.98 Å². The van der Waals surface area contributed by atoms with Crippen molar-refractivity contribution in [1.82, 2.24) is 30.7 Å². The fraction of sp³-hybridized carbons (Fsp3) is 0.182. The summed E-state index contributed by atoms with van der Waals surface area (Å²) in [5.41, 5.74) is 6.81. The van der Waals surface area contributed by atoms with Crippen LogP contribution in [0, 0.1) is 0 Å². The van der Waals surface area contributed by atoms with Crippen molar-refractivity contribution in [3.63, 3.8) is 0 Å². The quantitative estimate of drug-likeness (QED) is 0.269. The van der Waals surface area contributed by atoms with E-state index < -0.39 is 12.9 Å². The average Bonchev–Trinajstić information content (AvgIpc) is 3.37. The van der Waals surface area contributed by atoms with Gasteiger partial charge in [-0.05, 0) is 18.2 Å². The number of carbonyl (C=O) groups excluding carboxylic acids is 1. The molecule has 13 heteroatoms. The molecule has 0 unspecified atom stereocenters. The summed E-state index contributed by atoms with van der Waals surface area (Å²) in [6.07, 6.45) is 1.70. The Morgan fingerprint density at radius 2 is 1.91 bits per heavy atom. The number of ether oxygens (including phenoxy) is 2. The van der Waals surface area contributed by atoms with Crippen LogP contribution in [0.3, 0.4) is 0 Å². The van der Waals surface area contributed by atoms with E-state index in [1.165, 1.54) is 31.6 Å². The number of hydrogen-bond donors (Lipinski definition) is 4. The van der Waals surface area contributed by atoms with Crippen LogP contribution < -0.4 is 31.2 Å². The summed E-state index contributed by atoms with van der Waals surface area (Å²) in [6.45, 7) is -2.37. The van der Waals surface area contributed by atoms with Crippen LogP contribution in [0.5, 0.6) is 11.6 Å². The number of anilines is 4. The second-order valence-electron chi connectivity index (χ2n) is 6.88. The van der Waals surface area contributed by atoms with E-state index in [4.69, 9.17) is 19.3 Å². The van der Waals surface area contributed by atoms with E-state index in [0.717, 1.165) is 4.88 Å². The zero-order chi connectivity index (χ0) is 27.3. The lowest BCUT2D eigenvalue weighted by molar-refractivity contribution is 0.0958. The predicted octanol–water partition coefficient (Wildman–Crippen LogP) is 2.71. The SMILES string of the molecule is [2H]C([2H])([2H])NC(=O)c1nnc(Nc2ccc(OC)nn2)cc1Nc1cccc(-c2ncc(CN)s2)c1OC. The Morgan fingerprint density at radius 1 is 1.06 bits per heavy atom. The molecule has 0 aliphatic rings. The van der Waals surface area contributed by atoms with Crippen molar-refractivity contribution in [2.24, 2.45) is 5.73 Å². The molecule has 12 nitrogen and oxygen atoms in total. The molecule has 0 saturated heterocycles. The first-order valence-electron chi connectivity index (χ1n) is 11.6. The zero-order valence-electron chi connectivity index (χ0n) is 21.7. The van der Waals surface area contributed by atoms with Crippen molar-refractivity contribution in [2.75, 3.05) is 31.8 Å². The number of nitrogens with two attached hydrogens (primary N) is 1. The molecular weight excluding hydrogens is 470 g/mol. The van der Waals surface area contributed by atoms with Crippen molar-refractivity contribution in [2.45, 2.75) is 6.54 Å². The monoisotopic (exact) mass is 496 g/mol. The van der Waals surface area contributed by atoms with Crippen molar-refractivity contribution < 1.29 is 18.4 Å². The number of methoxy groups -OCH3 is 2. The van der Waals surface area contributed by atoms with Crippen LogP contribution in [0.4, 0.5) is 23.0 Å². The summed E-state index contributed by atoms with van der Waals surface area (Å²) < 4.78 is 32.9. The predicted molar refractivity (Wildman–Crippen MR) is 133 cm³/mol. The molecule has 3 aromatic heterocycles. The minimum Gasteiger partial charge on any atom is -0.494 e. The van der Waals surface area contributed by atoms with Gasteiger partial charge in [0.25, 0.3) is 5.91 Å². The third kappa shape index (κ3) is 5.26. The summed E-state index contributed by atoms with van der Waals surface area (Å²) in [7, 11) is 2.97. The maximum Gasteiger partial charge on any atom is 0.273 e. The van der Waals surface area contributed by atoms with Crippen molar-refractivity contribution in [3.8, 4) is 22.2 Å². The second-order valence-corrected chi connectivity index (χ2v) is 7.99. The Balaban J connectivity index is 1.73. The highest BCUT2D eigenvalue weighted by atomic mass is 32.1. The van der Waals surface area contributed by atoms with Gasteiger partial charge in [0, 0.05) is 40.8 Å². The first kappa shape index (κ1) is 20.1. The van der Waals surface area contributed by atoms with E-state index in [1.807, 2.05) is 11.4 Å². The maximum atomic E-state index is 12.8. The number of aromatic nitrogens is 5. The zero-order valence-corrected chi connectivity index (χ0v) is 19.5. The summed E-state index contributed by atoms with van der Waals surface area (Å²) in [4.78, 5) is 18.1. The third-order valence-electron chi connectivity index (χ3n) is 4.70. The van der Waals surface area contributed by atoms with Gasteiger partial charge >= 0.3 is 0 Å². The van der Waals surface area contributed by atoms with Gasteiger partial charge in [-0.15, -0.1) is 31.7 Å². The molecular formula is C22H23N9O3S. The second kappa shape index (κ2) is 10.7. The van der Waals surface area contributed by atoms with Crippen LogP contribution in [-0.2, 0) is 6.54 Å². The first-order chi connectivity index (χ1) is 18.2. The molecule has 35 heavy (non-hydrogen) atoms. The normalized spacial score (nSPS) is 12.1. The third-order valence-corrected chi connectivity index (χ3v) is 5.75. The smallest absolute Gasteiger partial charge is 0.273 e. The van der Waals surface area contributed by atoms with Crippen LogP contribution in [0.2, 0.25) is 0 Å². The molecule has 180 valence electrons. The van der Waals surface area contributed by atoms with Crippen molar-refractivity contribution in [3.05, 3.63) is 53.2 Å². The van der Waals surface area contributed by atoms with E-state index in [-0.39, 0.29) is 17.2 Å². The highest BCUT2D eigenvalue weighted by Gasteiger charge is 2.19. The number of benzene rings is 1. The number of para-hydroxylation sites is 1. The van der Waals surface area contributed by atoms with Gasteiger partial charge in [0.05, 0.1) is 31.2 Å². The molecule has 4 rings (SSSR count). The fourth-order valence-corrected chi connectivity index (χ4v) is 3.91. The van der Waals surface area contributed by atoms with E-state index in [1.54, 1.807) is 30.5 Å². The lowest BCUT2D eigenvalue weighted by Gasteiger charge is -2.16. The number of nitrogens with zero attached hydrogens (tertiary/aromatic N) is 5. The molecule has 3 heterocycles. The Morgan fingerprint density at radius 3 is 2.60 bits per heavy atom. The van der Waals surface area contributed by atoms with Gasteiger partial charge < -0.3 is 31.2 Å². The van der Waals surface area contributed by atoms with E-state index in [0.29, 0.717) is 40.3 Å². The van der Waals surface area contributed by atoms with E-state index in [2.05, 4.69) is 36.0 Å². The standard InChI is InChI=1S/C22H23N9O3S/c1-24-21(32)19-15(9-17(29-31-19)27-16-7-8-18(33-2)30-28-16)26-14-6-4-5-13(20(14)34-3)22-25-11-12(10-23)35-22/h4-9,11H,10,23H2,1-3H3,(H,24,32)(H2,26,27,28,29)/i1D3. The lowest BCUT2D eigenvalue weighted by Crippen LogP contribution is -2.21. The lowest BCUT2D eigenvalue weighted by atomic mass is 10.1. The summed E-state index contributed by atoms with van der Waals surface area (Å²) in [5, 5.41) is 24.5.